The number of hydrogen-bond acceptors (Lipinski definition) is 3. The van der Waals surface area contributed by atoms with Crippen LogP contribution in [0.5, 0.6) is 0 Å². The van der Waals surface area contributed by atoms with Crippen LogP contribution in [0.15, 0.2) is 0 Å². The van der Waals surface area contributed by atoms with Crippen LogP contribution in [0, 0.1) is 12.3 Å². The third-order valence-electron chi connectivity index (χ3n) is 1.09. The van der Waals surface area contributed by atoms with Gasteiger partial charge in [0.2, 0.25) is 10.0 Å². The Bertz CT molecular complexity index is 300. The number of carboxylic acid groups (broad SMARTS) is 1. The molecular formula is C6H9NO4S. The molecule has 0 saturated carbocycles. The van der Waals surface area contributed by atoms with E-state index in [1.807, 2.05) is 0 Å². The van der Waals surface area contributed by atoms with Gasteiger partial charge in [-0.05, 0) is 0 Å². The number of carbonyl (C=O) groups is 1. The first-order valence-corrected chi connectivity index (χ1v) is 4.60. The van der Waals surface area contributed by atoms with E-state index in [0.29, 0.717) is 0 Å². The molecule has 6 heteroatoms. The van der Waals surface area contributed by atoms with Crippen LogP contribution >= 0.6 is 0 Å². The van der Waals surface area contributed by atoms with E-state index in [4.69, 9.17) is 11.5 Å². The Morgan fingerprint density at radius 2 is 2.17 bits per heavy atom. The Labute approximate surface area is 71.0 Å². The van der Waals surface area contributed by atoms with Gasteiger partial charge < -0.3 is 5.11 Å². The maximum absolute atomic E-state index is 11.0. The van der Waals surface area contributed by atoms with Gasteiger partial charge >= 0.3 is 5.97 Å². The molecule has 0 radical (unpaired) electrons. The van der Waals surface area contributed by atoms with Crippen LogP contribution in [-0.4, -0.2) is 43.1 Å². The molecule has 0 aliphatic heterocycles. The molecule has 5 nitrogen and oxygen atoms in total. The van der Waals surface area contributed by atoms with Crippen molar-refractivity contribution in [1.29, 1.82) is 0 Å². The fraction of sp³-hybridized carbons (Fsp3) is 0.500. The molecule has 0 heterocycles. The molecule has 0 spiro atoms. The minimum atomic E-state index is -3.73. The maximum Gasteiger partial charge on any atom is 0.320 e. The standard InChI is InChI=1S/C6H9NO4S/c1-3-4-7(2)12(10,11)5-6(8)9/h1H,4-5H2,2H3,(H,8,9). The molecule has 0 aromatic rings. The molecule has 0 aliphatic rings. The molecule has 0 bridgehead atoms. The summed E-state index contributed by atoms with van der Waals surface area (Å²) in [4.78, 5) is 10.1. The van der Waals surface area contributed by atoms with Crippen LogP contribution < -0.4 is 0 Å². The molecule has 0 unspecified atom stereocenters. The first-order valence-electron chi connectivity index (χ1n) is 2.99. The van der Waals surface area contributed by atoms with E-state index in [0.717, 1.165) is 4.31 Å². The summed E-state index contributed by atoms with van der Waals surface area (Å²) in [7, 11) is -2.50. The minimum Gasteiger partial charge on any atom is -0.480 e. The molecule has 0 atom stereocenters. The van der Waals surface area contributed by atoms with Crippen molar-refractivity contribution in [2.24, 2.45) is 0 Å². The second-order valence-corrected chi connectivity index (χ2v) is 4.19. The molecule has 68 valence electrons. The Hall–Kier alpha value is -1.06. The predicted molar refractivity (Wildman–Crippen MR) is 42.9 cm³/mol. The average molecular weight is 191 g/mol. The van der Waals surface area contributed by atoms with E-state index in [1.165, 1.54) is 7.05 Å². The lowest BCUT2D eigenvalue weighted by molar-refractivity contribution is -0.134. The van der Waals surface area contributed by atoms with Crippen molar-refractivity contribution in [2.75, 3.05) is 19.3 Å². The first-order chi connectivity index (χ1) is 5.40. The highest BCUT2D eigenvalue weighted by Crippen LogP contribution is 1.96. The zero-order valence-corrected chi connectivity index (χ0v) is 7.34. The summed E-state index contributed by atoms with van der Waals surface area (Å²) in [6, 6.07) is 0. The molecular weight excluding hydrogens is 182 g/mol. The van der Waals surface area contributed by atoms with Crippen molar-refractivity contribution in [1.82, 2.24) is 4.31 Å². The molecule has 0 amide bonds. The second kappa shape index (κ2) is 4.09. The van der Waals surface area contributed by atoms with Crippen LogP contribution in [-0.2, 0) is 14.8 Å². The zero-order chi connectivity index (χ0) is 9.78. The van der Waals surface area contributed by atoms with Gasteiger partial charge in [-0.2, -0.15) is 4.31 Å². The monoisotopic (exact) mass is 191 g/mol. The summed E-state index contributed by atoms with van der Waals surface area (Å²) < 4.78 is 22.8. The van der Waals surface area contributed by atoms with E-state index >= 15 is 0 Å². The maximum atomic E-state index is 11.0. The fourth-order valence-corrected chi connectivity index (χ4v) is 1.30. The molecule has 0 saturated heterocycles. The minimum absolute atomic E-state index is 0.115. The van der Waals surface area contributed by atoms with E-state index < -0.39 is 21.7 Å². The summed E-state index contributed by atoms with van der Waals surface area (Å²) in [5.41, 5.74) is 0. The Morgan fingerprint density at radius 3 is 2.50 bits per heavy atom. The Morgan fingerprint density at radius 1 is 1.67 bits per heavy atom. The van der Waals surface area contributed by atoms with Crippen molar-refractivity contribution < 1.29 is 18.3 Å². The van der Waals surface area contributed by atoms with Crippen LogP contribution in [0.3, 0.4) is 0 Å². The third-order valence-corrected chi connectivity index (χ3v) is 2.79. The Balaban J connectivity index is 4.43. The lowest BCUT2D eigenvalue weighted by Crippen LogP contribution is -2.32. The van der Waals surface area contributed by atoms with Crippen molar-refractivity contribution in [3.8, 4) is 12.3 Å². The van der Waals surface area contributed by atoms with Crippen molar-refractivity contribution in [3.63, 3.8) is 0 Å². The third kappa shape index (κ3) is 3.37. The van der Waals surface area contributed by atoms with Gasteiger partial charge in [0.1, 0.15) is 0 Å². The molecule has 1 N–H and O–H groups in total. The quantitative estimate of drug-likeness (QED) is 0.576. The number of carboxylic acids is 1. The van der Waals surface area contributed by atoms with Crippen molar-refractivity contribution in [2.45, 2.75) is 0 Å². The number of terminal acetylenes is 1. The highest BCUT2D eigenvalue weighted by atomic mass is 32.2. The lowest BCUT2D eigenvalue weighted by Gasteiger charge is -2.11. The number of sulfonamides is 1. The van der Waals surface area contributed by atoms with Gasteiger partial charge in [0, 0.05) is 7.05 Å². The van der Waals surface area contributed by atoms with Crippen molar-refractivity contribution in [3.05, 3.63) is 0 Å². The van der Waals surface area contributed by atoms with Crippen molar-refractivity contribution >= 4 is 16.0 Å². The van der Waals surface area contributed by atoms with Gasteiger partial charge in [-0.15, -0.1) is 6.42 Å². The van der Waals surface area contributed by atoms with Gasteiger partial charge in [0.05, 0.1) is 6.54 Å². The van der Waals surface area contributed by atoms with Gasteiger partial charge in [-0.3, -0.25) is 4.79 Å². The predicted octanol–water partition coefficient (Wildman–Crippen LogP) is -1.03. The second-order valence-electron chi connectivity index (χ2n) is 2.11. The SMILES string of the molecule is C#CCN(C)S(=O)(=O)CC(=O)O. The molecule has 0 rings (SSSR count). The highest BCUT2D eigenvalue weighted by Gasteiger charge is 2.20. The zero-order valence-electron chi connectivity index (χ0n) is 6.52. The summed E-state index contributed by atoms with van der Waals surface area (Å²) in [5, 5.41) is 8.21. The lowest BCUT2D eigenvalue weighted by atomic mass is 10.7. The van der Waals surface area contributed by atoms with Crippen LogP contribution in [0.25, 0.3) is 0 Å². The van der Waals surface area contributed by atoms with E-state index in [2.05, 4.69) is 5.92 Å². The normalized spacial score (nSPS) is 11.1. The molecule has 0 aliphatic carbocycles. The highest BCUT2D eigenvalue weighted by molar-refractivity contribution is 7.89. The summed E-state index contributed by atoms with van der Waals surface area (Å²) in [6.45, 7) is -0.115. The van der Waals surface area contributed by atoms with Gasteiger partial charge in [0.25, 0.3) is 0 Å². The van der Waals surface area contributed by atoms with Gasteiger partial charge in [0.15, 0.2) is 5.75 Å². The van der Waals surface area contributed by atoms with Gasteiger partial charge in [-0.25, -0.2) is 8.42 Å². The number of nitrogens with zero attached hydrogens (tertiary/aromatic N) is 1. The Kier molecular flexibility index (Phi) is 3.73. The molecule has 0 fully saturated rings. The van der Waals surface area contributed by atoms with E-state index in [9.17, 15) is 13.2 Å². The molecule has 0 aromatic heterocycles. The summed E-state index contributed by atoms with van der Waals surface area (Å²) in [5.74, 6) is -0.215. The van der Waals surface area contributed by atoms with E-state index in [1.54, 1.807) is 0 Å². The smallest absolute Gasteiger partial charge is 0.320 e. The number of rotatable bonds is 4. The van der Waals surface area contributed by atoms with Crippen LogP contribution in [0.1, 0.15) is 0 Å². The summed E-state index contributed by atoms with van der Waals surface area (Å²) >= 11 is 0. The van der Waals surface area contributed by atoms with Gasteiger partial charge in [-0.1, -0.05) is 5.92 Å². The molecule has 0 aromatic carbocycles. The average Bonchev–Trinajstić information content (AvgIpc) is 1.85. The topological polar surface area (TPSA) is 74.7 Å². The van der Waals surface area contributed by atoms with E-state index in [-0.39, 0.29) is 6.54 Å². The number of hydrogen-bond donors (Lipinski definition) is 1. The van der Waals surface area contributed by atoms with Crippen LogP contribution in [0.4, 0.5) is 0 Å². The summed E-state index contributed by atoms with van der Waals surface area (Å²) in [6.07, 6.45) is 4.85. The van der Waals surface area contributed by atoms with Crippen LogP contribution in [0.2, 0.25) is 0 Å². The number of aliphatic carboxylic acids is 1. The first kappa shape index (κ1) is 10.9. The molecule has 12 heavy (non-hydrogen) atoms. The largest absolute Gasteiger partial charge is 0.480 e. The fourth-order valence-electron chi connectivity index (χ4n) is 0.493.